The van der Waals surface area contributed by atoms with Gasteiger partial charge in [-0.05, 0) is 56.2 Å². The van der Waals surface area contributed by atoms with Gasteiger partial charge in [0.05, 0.1) is 0 Å². The zero-order valence-electron chi connectivity index (χ0n) is 14.2. The third-order valence-corrected chi connectivity index (χ3v) is 4.78. The number of ether oxygens (including phenoxy) is 1. The van der Waals surface area contributed by atoms with E-state index in [4.69, 9.17) is 4.74 Å². The van der Waals surface area contributed by atoms with E-state index >= 15 is 0 Å². The summed E-state index contributed by atoms with van der Waals surface area (Å²) in [6, 6.07) is 5.98. The second-order valence-electron chi connectivity index (χ2n) is 6.46. The van der Waals surface area contributed by atoms with E-state index in [0.29, 0.717) is 12.3 Å². The molecule has 0 aromatic heterocycles. The molecule has 0 bridgehead atoms. The number of nitrogens with one attached hydrogen (secondary N) is 1. The molecule has 1 aromatic carbocycles. The molecule has 0 heterocycles. The normalized spacial score (nSPS) is 17.0. The highest BCUT2D eigenvalue weighted by Crippen LogP contribution is 2.24. The Bertz CT molecular complexity index is 492. The lowest BCUT2D eigenvalue weighted by Gasteiger charge is -2.24. The van der Waals surface area contributed by atoms with Gasteiger partial charge in [0.25, 0.3) is 5.91 Å². The summed E-state index contributed by atoms with van der Waals surface area (Å²) in [5.41, 5.74) is 2.30. The van der Waals surface area contributed by atoms with Crippen LogP contribution in [0.5, 0.6) is 5.75 Å². The molecule has 1 atom stereocenters. The standard InChI is InChI=1S/C19H29NO2/c1-4-17(22-18-12-8-9-14(2)15(18)3)19(21)20-13-16-10-6-5-7-11-16/h8-9,12,16-17H,4-7,10-11,13H2,1-3H3,(H,20,21). The average Bonchev–Trinajstić information content (AvgIpc) is 2.55. The molecule has 0 aliphatic heterocycles. The summed E-state index contributed by atoms with van der Waals surface area (Å²) >= 11 is 0. The van der Waals surface area contributed by atoms with Crippen molar-refractivity contribution >= 4 is 5.91 Å². The van der Waals surface area contributed by atoms with E-state index in [-0.39, 0.29) is 5.91 Å². The van der Waals surface area contributed by atoms with Gasteiger partial charge in [0.15, 0.2) is 6.10 Å². The fourth-order valence-corrected chi connectivity index (χ4v) is 3.08. The molecule has 1 fully saturated rings. The van der Waals surface area contributed by atoms with Crippen molar-refractivity contribution in [3.63, 3.8) is 0 Å². The lowest BCUT2D eigenvalue weighted by molar-refractivity contribution is -0.128. The first-order chi connectivity index (χ1) is 10.6. The van der Waals surface area contributed by atoms with Crippen molar-refractivity contribution in [3.8, 4) is 5.75 Å². The smallest absolute Gasteiger partial charge is 0.261 e. The van der Waals surface area contributed by atoms with E-state index in [2.05, 4.69) is 18.3 Å². The Labute approximate surface area is 134 Å². The quantitative estimate of drug-likeness (QED) is 0.857. The third kappa shape index (κ3) is 4.49. The van der Waals surface area contributed by atoms with E-state index in [0.717, 1.165) is 17.9 Å². The van der Waals surface area contributed by atoms with Gasteiger partial charge in [-0.1, -0.05) is 38.3 Å². The monoisotopic (exact) mass is 303 g/mol. The number of amides is 1. The van der Waals surface area contributed by atoms with Crippen LogP contribution in [0.3, 0.4) is 0 Å². The zero-order valence-corrected chi connectivity index (χ0v) is 14.2. The van der Waals surface area contributed by atoms with Gasteiger partial charge in [-0.15, -0.1) is 0 Å². The van der Waals surface area contributed by atoms with Crippen molar-refractivity contribution in [2.24, 2.45) is 5.92 Å². The topological polar surface area (TPSA) is 38.3 Å². The third-order valence-electron chi connectivity index (χ3n) is 4.78. The second kappa shape index (κ2) is 8.21. The minimum Gasteiger partial charge on any atom is -0.480 e. The maximum atomic E-state index is 12.4. The van der Waals surface area contributed by atoms with Gasteiger partial charge in [0.2, 0.25) is 0 Å². The van der Waals surface area contributed by atoms with Crippen LogP contribution in [-0.2, 0) is 4.79 Å². The largest absolute Gasteiger partial charge is 0.480 e. The molecule has 1 saturated carbocycles. The summed E-state index contributed by atoms with van der Waals surface area (Å²) in [6.07, 6.45) is 6.72. The molecule has 1 aliphatic rings. The van der Waals surface area contributed by atoms with Crippen molar-refractivity contribution in [1.82, 2.24) is 5.32 Å². The Kier molecular flexibility index (Phi) is 6.29. The van der Waals surface area contributed by atoms with Crippen molar-refractivity contribution in [2.75, 3.05) is 6.54 Å². The van der Waals surface area contributed by atoms with E-state index in [1.807, 2.05) is 26.0 Å². The molecule has 1 unspecified atom stereocenters. The number of carbonyl (C=O) groups is 1. The molecule has 1 aliphatic carbocycles. The summed E-state index contributed by atoms with van der Waals surface area (Å²) in [5.74, 6) is 1.49. The Hall–Kier alpha value is -1.51. The molecule has 1 aromatic rings. The van der Waals surface area contributed by atoms with Crippen LogP contribution in [0.4, 0.5) is 0 Å². The molecule has 3 heteroatoms. The maximum absolute atomic E-state index is 12.4. The van der Waals surface area contributed by atoms with Gasteiger partial charge in [-0.2, -0.15) is 0 Å². The Morgan fingerprint density at radius 2 is 2.00 bits per heavy atom. The molecule has 22 heavy (non-hydrogen) atoms. The van der Waals surface area contributed by atoms with Crippen molar-refractivity contribution in [2.45, 2.75) is 65.4 Å². The van der Waals surface area contributed by atoms with E-state index in [1.165, 1.54) is 37.7 Å². The van der Waals surface area contributed by atoms with E-state index in [9.17, 15) is 4.79 Å². The molecule has 2 rings (SSSR count). The molecular weight excluding hydrogens is 274 g/mol. The predicted molar refractivity (Wildman–Crippen MR) is 90.2 cm³/mol. The summed E-state index contributed by atoms with van der Waals surface area (Å²) in [6.45, 7) is 6.89. The summed E-state index contributed by atoms with van der Waals surface area (Å²) < 4.78 is 5.96. The zero-order chi connectivity index (χ0) is 15.9. The number of carbonyl (C=O) groups excluding carboxylic acids is 1. The van der Waals surface area contributed by atoms with Crippen LogP contribution in [-0.4, -0.2) is 18.6 Å². The minimum atomic E-state index is -0.399. The van der Waals surface area contributed by atoms with E-state index < -0.39 is 6.10 Å². The van der Waals surface area contributed by atoms with Crippen molar-refractivity contribution in [1.29, 1.82) is 0 Å². The predicted octanol–water partition coefficient (Wildman–Crippen LogP) is 4.16. The van der Waals surface area contributed by atoms with Crippen molar-refractivity contribution < 1.29 is 9.53 Å². The SMILES string of the molecule is CCC(Oc1cccc(C)c1C)C(=O)NCC1CCCCC1. The Morgan fingerprint density at radius 1 is 1.27 bits per heavy atom. The molecule has 3 nitrogen and oxygen atoms in total. The van der Waals surface area contributed by atoms with Crippen LogP contribution >= 0.6 is 0 Å². The fourth-order valence-electron chi connectivity index (χ4n) is 3.08. The minimum absolute atomic E-state index is 0.0222. The number of benzene rings is 1. The van der Waals surface area contributed by atoms with Gasteiger partial charge in [-0.25, -0.2) is 0 Å². The Morgan fingerprint density at radius 3 is 2.68 bits per heavy atom. The maximum Gasteiger partial charge on any atom is 0.261 e. The number of hydrogen-bond donors (Lipinski definition) is 1. The van der Waals surface area contributed by atoms with Crippen LogP contribution in [0.25, 0.3) is 0 Å². The average molecular weight is 303 g/mol. The highest BCUT2D eigenvalue weighted by molar-refractivity contribution is 5.81. The highest BCUT2D eigenvalue weighted by atomic mass is 16.5. The highest BCUT2D eigenvalue weighted by Gasteiger charge is 2.21. The summed E-state index contributed by atoms with van der Waals surface area (Å²) in [7, 11) is 0. The van der Waals surface area contributed by atoms with Gasteiger partial charge < -0.3 is 10.1 Å². The van der Waals surface area contributed by atoms with Crippen LogP contribution in [0.1, 0.15) is 56.6 Å². The second-order valence-corrected chi connectivity index (χ2v) is 6.46. The number of aryl methyl sites for hydroxylation is 1. The first-order valence-corrected chi connectivity index (χ1v) is 8.62. The van der Waals surface area contributed by atoms with Gasteiger partial charge in [0, 0.05) is 6.54 Å². The molecule has 0 radical (unpaired) electrons. The molecule has 0 spiro atoms. The first-order valence-electron chi connectivity index (χ1n) is 8.62. The molecule has 0 saturated heterocycles. The molecular formula is C19H29NO2. The molecule has 122 valence electrons. The fraction of sp³-hybridized carbons (Fsp3) is 0.632. The lowest BCUT2D eigenvalue weighted by Crippen LogP contribution is -2.40. The van der Waals surface area contributed by atoms with Crippen LogP contribution < -0.4 is 10.1 Å². The van der Waals surface area contributed by atoms with Crippen LogP contribution in [0.2, 0.25) is 0 Å². The molecule has 1 N–H and O–H groups in total. The number of hydrogen-bond acceptors (Lipinski definition) is 2. The Balaban J connectivity index is 1.89. The van der Waals surface area contributed by atoms with Crippen molar-refractivity contribution in [3.05, 3.63) is 29.3 Å². The number of rotatable bonds is 6. The van der Waals surface area contributed by atoms with Crippen LogP contribution in [0, 0.1) is 19.8 Å². The van der Waals surface area contributed by atoms with Gasteiger partial charge >= 0.3 is 0 Å². The van der Waals surface area contributed by atoms with Gasteiger partial charge in [0.1, 0.15) is 5.75 Å². The molecule has 1 amide bonds. The first kappa shape index (κ1) is 16.9. The van der Waals surface area contributed by atoms with E-state index in [1.54, 1.807) is 0 Å². The lowest BCUT2D eigenvalue weighted by atomic mass is 9.89. The van der Waals surface area contributed by atoms with Crippen LogP contribution in [0.15, 0.2) is 18.2 Å². The van der Waals surface area contributed by atoms with Gasteiger partial charge in [-0.3, -0.25) is 4.79 Å². The summed E-state index contributed by atoms with van der Waals surface area (Å²) in [4.78, 5) is 12.4. The summed E-state index contributed by atoms with van der Waals surface area (Å²) in [5, 5.41) is 3.09.